The summed E-state index contributed by atoms with van der Waals surface area (Å²) in [6.45, 7) is -1.01. The Kier molecular flexibility index (Phi) is 12.1. The van der Waals surface area contributed by atoms with E-state index in [1.165, 1.54) is 12.1 Å². The second-order valence-electron chi connectivity index (χ2n) is 12.4. The van der Waals surface area contributed by atoms with E-state index in [1.54, 1.807) is 85.3 Å². The van der Waals surface area contributed by atoms with Crippen molar-refractivity contribution in [2.75, 3.05) is 10.6 Å². The van der Waals surface area contributed by atoms with Gasteiger partial charge in [0.1, 0.15) is 17.4 Å². The van der Waals surface area contributed by atoms with Crippen LogP contribution in [0.15, 0.2) is 116 Å². The number of ether oxygens (including phenoxy) is 1. The number of amides is 1. The molecule has 0 atom stereocenters. The standard InChI is InChI=1S/C21H15Cl2N5O.C20H12Cl2F2N4O/c1-11-6-7-12(10-25-11)20-27-18-9-16(23)15(22)8-14(18)21(28-20)26-17-5-3-2-4-13(17)19(24)29;21-15-8-14-17(9-16(15)22)27-18(11-3-2-6-25-10-11)28-19(14)26-12-4-1-5-13(7-12)29-20(23)24/h2-10H,1H3,(H2,24,29)(H,26,27,28);1-10,20H,(H,26,27,28). The molecule has 0 unspecified atom stereocenters. The van der Waals surface area contributed by atoms with Crippen LogP contribution in [0, 0.1) is 6.92 Å². The number of nitrogens with zero attached hydrogens (tertiary/aromatic N) is 6. The van der Waals surface area contributed by atoms with Crippen molar-refractivity contribution in [1.29, 1.82) is 0 Å². The summed E-state index contributed by atoms with van der Waals surface area (Å²) >= 11 is 24.7. The number of aryl methyl sites for hydroxylation is 1. The monoisotopic (exact) mass is 855 g/mol. The SMILES string of the molecule is Cc1ccc(-c2nc(Nc3ccccc3C(N)=O)c3cc(Cl)c(Cl)cc3n2)cn1.FC(F)Oc1cccc(Nc2nc(-c3cccnc3)nc3cc(Cl)c(Cl)cc23)c1. The van der Waals surface area contributed by atoms with E-state index in [9.17, 15) is 13.6 Å². The number of anilines is 4. The van der Waals surface area contributed by atoms with E-state index in [2.05, 4.69) is 45.3 Å². The van der Waals surface area contributed by atoms with Crippen LogP contribution < -0.4 is 21.1 Å². The highest BCUT2D eigenvalue weighted by Crippen LogP contribution is 2.35. The third-order valence-electron chi connectivity index (χ3n) is 8.33. The first-order valence-electron chi connectivity index (χ1n) is 17.1. The van der Waals surface area contributed by atoms with Crippen molar-refractivity contribution in [3.8, 4) is 28.5 Å². The van der Waals surface area contributed by atoms with Crippen LogP contribution in [0.5, 0.6) is 5.75 Å². The Morgan fingerprint density at radius 2 is 1.31 bits per heavy atom. The first-order valence-corrected chi connectivity index (χ1v) is 18.6. The van der Waals surface area contributed by atoms with Crippen LogP contribution in [0.25, 0.3) is 44.6 Å². The number of fused-ring (bicyclic) bond motifs is 2. The molecule has 0 aliphatic carbocycles. The molecule has 17 heteroatoms. The lowest BCUT2D eigenvalue weighted by molar-refractivity contribution is -0.0498. The number of hydrogen-bond acceptors (Lipinski definition) is 10. The second-order valence-corrected chi connectivity index (χ2v) is 14.0. The average molecular weight is 858 g/mol. The van der Waals surface area contributed by atoms with E-state index in [-0.39, 0.29) is 5.75 Å². The molecule has 0 aliphatic heterocycles. The van der Waals surface area contributed by atoms with Crippen LogP contribution in [0.3, 0.4) is 0 Å². The number of nitrogens with one attached hydrogen (secondary N) is 2. The number of carbonyl (C=O) groups is 1. The van der Waals surface area contributed by atoms with E-state index in [4.69, 9.17) is 52.1 Å². The summed E-state index contributed by atoms with van der Waals surface area (Å²) in [4.78, 5) is 38.6. The Morgan fingerprint density at radius 1 is 0.690 bits per heavy atom. The topological polar surface area (TPSA) is 154 Å². The number of primary amides is 1. The summed E-state index contributed by atoms with van der Waals surface area (Å²) < 4.78 is 29.5. The van der Waals surface area contributed by atoms with Crippen LogP contribution in [0.4, 0.5) is 31.8 Å². The summed E-state index contributed by atoms with van der Waals surface area (Å²) in [5.41, 5.74) is 10.4. The summed E-state index contributed by atoms with van der Waals surface area (Å²) in [5.74, 6) is 1.26. The van der Waals surface area contributed by atoms with Crippen molar-refractivity contribution < 1.29 is 18.3 Å². The van der Waals surface area contributed by atoms with Crippen LogP contribution in [0.2, 0.25) is 20.1 Å². The third-order valence-corrected chi connectivity index (χ3v) is 9.78. The van der Waals surface area contributed by atoms with Gasteiger partial charge in [-0.15, -0.1) is 0 Å². The summed E-state index contributed by atoms with van der Waals surface area (Å²) in [7, 11) is 0. The van der Waals surface area contributed by atoms with E-state index >= 15 is 0 Å². The zero-order chi connectivity index (χ0) is 40.9. The summed E-state index contributed by atoms with van der Waals surface area (Å²) in [6, 6.07) is 27.1. The van der Waals surface area contributed by atoms with Gasteiger partial charge < -0.3 is 21.1 Å². The van der Waals surface area contributed by atoms with Gasteiger partial charge in [-0.3, -0.25) is 14.8 Å². The maximum Gasteiger partial charge on any atom is 0.387 e. The lowest BCUT2D eigenvalue weighted by Crippen LogP contribution is -2.13. The minimum Gasteiger partial charge on any atom is -0.435 e. The zero-order valence-electron chi connectivity index (χ0n) is 29.9. The van der Waals surface area contributed by atoms with Gasteiger partial charge in [0.25, 0.3) is 5.91 Å². The number of benzene rings is 4. The molecular weight excluding hydrogens is 830 g/mol. The molecule has 11 nitrogen and oxygen atoms in total. The molecule has 0 fully saturated rings. The van der Waals surface area contributed by atoms with Crippen LogP contribution in [0.1, 0.15) is 16.1 Å². The van der Waals surface area contributed by atoms with Crippen LogP contribution >= 0.6 is 46.4 Å². The maximum atomic E-state index is 12.5. The lowest BCUT2D eigenvalue weighted by atomic mass is 10.1. The molecular formula is C41H27Cl4F2N9O2. The molecule has 0 bridgehead atoms. The van der Waals surface area contributed by atoms with Crippen LogP contribution in [-0.4, -0.2) is 42.4 Å². The number of nitrogens with two attached hydrogens (primary N) is 1. The number of hydrogen-bond donors (Lipinski definition) is 3. The van der Waals surface area contributed by atoms with Crippen molar-refractivity contribution in [3.05, 3.63) is 147 Å². The molecule has 1 amide bonds. The lowest BCUT2D eigenvalue weighted by Gasteiger charge is -2.13. The fourth-order valence-corrected chi connectivity index (χ4v) is 6.26. The number of para-hydroxylation sites is 1. The van der Waals surface area contributed by atoms with Crippen molar-refractivity contribution in [2.24, 2.45) is 5.73 Å². The van der Waals surface area contributed by atoms with Crippen molar-refractivity contribution in [2.45, 2.75) is 13.5 Å². The van der Waals surface area contributed by atoms with Gasteiger partial charge in [0.2, 0.25) is 0 Å². The number of rotatable bonds is 9. The van der Waals surface area contributed by atoms with Gasteiger partial charge in [0.05, 0.1) is 42.4 Å². The minimum absolute atomic E-state index is 0.0249. The molecule has 8 rings (SSSR count). The number of alkyl halides is 2. The summed E-state index contributed by atoms with van der Waals surface area (Å²) in [6.07, 6.45) is 4.99. The second kappa shape index (κ2) is 17.5. The zero-order valence-corrected chi connectivity index (χ0v) is 32.9. The van der Waals surface area contributed by atoms with E-state index in [0.717, 1.165) is 11.3 Å². The van der Waals surface area contributed by atoms with E-state index in [1.807, 2.05) is 25.1 Å². The van der Waals surface area contributed by atoms with Gasteiger partial charge in [-0.2, -0.15) is 8.78 Å². The normalized spacial score (nSPS) is 11.0. The highest BCUT2D eigenvalue weighted by atomic mass is 35.5. The number of halogens is 6. The highest BCUT2D eigenvalue weighted by Gasteiger charge is 2.16. The Hall–Kier alpha value is -6.25. The van der Waals surface area contributed by atoms with Crippen molar-refractivity contribution >= 4 is 97.1 Å². The van der Waals surface area contributed by atoms with E-state index in [0.29, 0.717) is 87.7 Å². The predicted molar refractivity (Wildman–Crippen MR) is 225 cm³/mol. The van der Waals surface area contributed by atoms with Gasteiger partial charge >= 0.3 is 6.61 Å². The fourth-order valence-electron chi connectivity index (χ4n) is 5.61. The first kappa shape index (κ1) is 40.0. The van der Waals surface area contributed by atoms with Gasteiger partial charge in [-0.05, 0) is 79.7 Å². The first-order chi connectivity index (χ1) is 27.9. The van der Waals surface area contributed by atoms with Gasteiger partial charge in [-0.1, -0.05) is 64.6 Å². The molecule has 4 aromatic heterocycles. The average Bonchev–Trinajstić information content (AvgIpc) is 3.20. The number of carbonyl (C=O) groups excluding carboxylic acids is 1. The van der Waals surface area contributed by atoms with Gasteiger partial charge in [-0.25, -0.2) is 19.9 Å². The molecule has 4 aromatic carbocycles. The molecule has 0 saturated carbocycles. The molecule has 0 aliphatic rings. The molecule has 0 spiro atoms. The summed E-state index contributed by atoms with van der Waals surface area (Å²) in [5, 5.41) is 9.04. The molecule has 0 saturated heterocycles. The highest BCUT2D eigenvalue weighted by molar-refractivity contribution is 6.43. The Balaban J connectivity index is 0.000000177. The predicted octanol–water partition coefficient (Wildman–Crippen LogP) is 11.5. The Labute approximate surface area is 349 Å². The molecule has 0 radical (unpaired) electrons. The largest absolute Gasteiger partial charge is 0.435 e. The maximum absolute atomic E-state index is 12.5. The van der Waals surface area contributed by atoms with Crippen molar-refractivity contribution in [1.82, 2.24) is 29.9 Å². The van der Waals surface area contributed by atoms with Gasteiger partial charge in [0, 0.05) is 57.9 Å². The number of pyridine rings is 2. The minimum atomic E-state index is -2.91. The van der Waals surface area contributed by atoms with Crippen molar-refractivity contribution in [3.63, 3.8) is 0 Å². The molecule has 4 N–H and O–H groups in total. The Bertz CT molecular complexity index is 2800. The molecule has 8 aromatic rings. The molecule has 290 valence electrons. The Morgan fingerprint density at radius 3 is 1.90 bits per heavy atom. The fraction of sp³-hybridized carbons (Fsp3) is 0.0488. The quantitative estimate of drug-likeness (QED) is 0.128. The molecule has 58 heavy (non-hydrogen) atoms. The third kappa shape index (κ3) is 9.30. The molecule has 4 heterocycles. The van der Waals surface area contributed by atoms with Gasteiger partial charge in [0.15, 0.2) is 11.6 Å². The van der Waals surface area contributed by atoms with Crippen LogP contribution in [-0.2, 0) is 0 Å². The smallest absolute Gasteiger partial charge is 0.387 e. The number of aromatic nitrogens is 6. The van der Waals surface area contributed by atoms with E-state index < -0.39 is 12.5 Å².